The second kappa shape index (κ2) is 22.9. The van der Waals surface area contributed by atoms with Crippen LogP contribution in [0.15, 0.2) is 87.6 Å². The molecule has 8 heteroatoms. The molecule has 0 saturated carbocycles. The molecular weight excluding hydrogens is 598 g/mol. The molecule has 2 rings (SSSR count). The van der Waals surface area contributed by atoms with E-state index in [-0.39, 0.29) is 31.3 Å². The van der Waals surface area contributed by atoms with Gasteiger partial charge in [0, 0.05) is 38.5 Å². The Morgan fingerprint density at radius 1 is 1.00 bits per heavy atom. The average Bonchev–Trinajstić information content (AvgIpc) is 3.05. The van der Waals surface area contributed by atoms with Crippen molar-refractivity contribution in [2.45, 2.75) is 104 Å². The lowest BCUT2D eigenvalue weighted by molar-refractivity contribution is -0.163. The summed E-state index contributed by atoms with van der Waals surface area (Å²) in [5, 5.41) is 2.48. The van der Waals surface area contributed by atoms with Crippen molar-refractivity contribution in [2.75, 3.05) is 25.6 Å². The molecule has 0 aromatic heterocycles. The number of hydrogen-bond acceptors (Lipinski definition) is 7. The van der Waals surface area contributed by atoms with Crippen LogP contribution < -0.4 is 5.32 Å². The zero-order valence-corrected chi connectivity index (χ0v) is 28.9. The monoisotopic (exact) mass is 649 g/mol. The summed E-state index contributed by atoms with van der Waals surface area (Å²) >= 11 is 4.08. The van der Waals surface area contributed by atoms with E-state index in [1.165, 1.54) is 34.8 Å². The van der Waals surface area contributed by atoms with Gasteiger partial charge in [0.1, 0.15) is 12.6 Å². The highest BCUT2D eigenvalue weighted by Crippen LogP contribution is 2.25. The molecule has 2 atom stereocenters. The highest BCUT2D eigenvalue weighted by Gasteiger charge is 2.22. The Balaban J connectivity index is 1.89. The largest absolute Gasteiger partial charge is 0.460 e. The third-order valence-electron chi connectivity index (χ3n) is 7.13. The number of carbonyl (C=O) groups excluding carboxylic acids is 3. The minimum atomic E-state index is -0.873. The Morgan fingerprint density at radius 3 is 2.43 bits per heavy atom. The summed E-state index contributed by atoms with van der Waals surface area (Å²) in [6.45, 7) is 7.73. The predicted octanol–water partition coefficient (Wildman–Crippen LogP) is 7.53. The molecule has 1 amide bonds. The molecule has 0 bridgehead atoms. The fourth-order valence-electron chi connectivity index (χ4n) is 4.72. The SMILES string of the molecule is CC/C=C\CC(=C=C1C=CCC(=C=C2C=CCC(=C=CCCCOCC(COC(=O)C(CS)NC(C)=O)OC(=O)CC)C2)C1)CC. The van der Waals surface area contributed by atoms with Gasteiger partial charge in [0.15, 0.2) is 6.10 Å². The van der Waals surface area contributed by atoms with Crippen LogP contribution in [-0.2, 0) is 28.6 Å². The summed E-state index contributed by atoms with van der Waals surface area (Å²) in [7, 11) is 0. The van der Waals surface area contributed by atoms with E-state index in [4.69, 9.17) is 14.2 Å². The number of carbonyl (C=O) groups is 3. The average molecular weight is 650 g/mol. The van der Waals surface area contributed by atoms with Crippen molar-refractivity contribution >= 4 is 30.5 Å². The van der Waals surface area contributed by atoms with Crippen LogP contribution in [0.2, 0.25) is 0 Å². The van der Waals surface area contributed by atoms with E-state index in [0.29, 0.717) is 6.61 Å². The van der Waals surface area contributed by atoms with Crippen molar-refractivity contribution in [3.8, 4) is 0 Å². The molecule has 2 aliphatic rings. The van der Waals surface area contributed by atoms with Crippen molar-refractivity contribution in [1.82, 2.24) is 5.32 Å². The summed E-state index contributed by atoms with van der Waals surface area (Å²) in [6, 6.07) is -0.873. The molecule has 7 nitrogen and oxygen atoms in total. The van der Waals surface area contributed by atoms with Crippen molar-refractivity contribution in [3.05, 3.63) is 87.6 Å². The van der Waals surface area contributed by atoms with Crippen molar-refractivity contribution in [1.29, 1.82) is 0 Å². The Kier molecular flexibility index (Phi) is 19.3. The van der Waals surface area contributed by atoms with Gasteiger partial charge in [-0.05, 0) is 78.9 Å². The molecule has 0 aromatic rings. The van der Waals surface area contributed by atoms with Gasteiger partial charge in [0.05, 0.1) is 6.61 Å². The second-order valence-corrected chi connectivity index (χ2v) is 11.6. The maximum Gasteiger partial charge on any atom is 0.329 e. The fourth-order valence-corrected chi connectivity index (χ4v) is 4.96. The predicted molar refractivity (Wildman–Crippen MR) is 186 cm³/mol. The molecule has 0 fully saturated rings. The molecule has 46 heavy (non-hydrogen) atoms. The van der Waals surface area contributed by atoms with E-state index in [1.807, 2.05) is 6.08 Å². The first-order valence-corrected chi connectivity index (χ1v) is 17.1. The maximum atomic E-state index is 12.3. The number of hydrogen-bond donors (Lipinski definition) is 2. The lowest BCUT2D eigenvalue weighted by Gasteiger charge is -2.20. The summed E-state index contributed by atoms with van der Waals surface area (Å²) in [5.74, 6) is -1.32. The smallest absolute Gasteiger partial charge is 0.329 e. The number of esters is 2. The Labute approximate surface area is 281 Å². The normalized spacial score (nSPS) is 15.5. The molecule has 1 N–H and O–H groups in total. The van der Waals surface area contributed by atoms with Gasteiger partial charge in [-0.25, -0.2) is 4.79 Å². The Morgan fingerprint density at radius 2 is 1.74 bits per heavy atom. The number of ether oxygens (including phenoxy) is 3. The van der Waals surface area contributed by atoms with E-state index >= 15 is 0 Å². The quantitative estimate of drug-likeness (QED) is 0.0557. The van der Waals surface area contributed by atoms with Crippen LogP contribution in [0.1, 0.15) is 91.9 Å². The second-order valence-electron chi connectivity index (χ2n) is 11.2. The van der Waals surface area contributed by atoms with Crippen molar-refractivity contribution in [3.63, 3.8) is 0 Å². The number of amides is 1. The van der Waals surface area contributed by atoms with Gasteiger partial charge in [-0.2, -0.15) is 12.6 Å². The molecular formula is C38H51NO6S. The van der Waals surface area contributed by atoms with E-state index in [2.05, 4.69) is 85.4 Å². The molecule has 250 valence electrons. The van der Waals surface area contributed by atoms with Crippen molar-refractivity contribution in [2.24, 2.45) is 0 Å². The summed E-state index contributed by atoms with van der Waals surface area (Å²) in [5.41, 5.74) is 17.1. The standard InChI is InChI=1S/C38H51NO6S/c1-5-8-10-15-30(6-2)22-32-19-14-20-34(24-32)25-33-18-13-17-31(23-33)16-11-9-12-21-43-26-35(45-37(41)7-3)27-44-38(42)36(28-46)39-29(4)40/h8,10-11,13-14,18-19,35-36,46H,5-7,9,12,15,17,20-21,23-24,26-28H2,1-4H3,(H,39,40)/b10-8-. The first kappa shape index (κ1) is 38.7. The molecule has 2 unspecified atom stereocenters. The van der Waals surface area contributed by atoms with Crippen LogP contribution in [-0.4, -0.2) is 55.6 Å². The molecule has 0 spiro atoms. The van der Waals surface area contributed by atoms with Gasteiger partial charge in [-0.3, -0.25) is 9.59 Å². The Hall–Kier alpha value is -3.50. The van der Waals surface area contributed by atoms with Crippen LogP contribution >= 0.6 is 12.6 Å². The van der Waals surface area contributed by atoms with Gasteiger partial charge in [-0.15, -0.1) is 17.2 Å². The zero-order chi connectivity index (χ0) is 33.6. The highest BCUT2D eigenvalue weighted by atomic mass is 32.1. The van der Waals surface area contributed by atoms with E-state index in [9.17, 15) is 14.4 Å². The van der Waals surface area contributed by atoms with Gasteiger partial charge in [0.25, 0.3) is 0 Å². The third-order valence-corrected chi connectivity index (χ3v) is 7.50. The lowest BCUT2D eigenvalue weighted by Crippen LogP contribution is -2.43. The van der Waals surface area contributed by atoms with E-state index in [0.717, 1.165) is 57.8 Å². The van der Waals surface area contributed by atoms with Crippen molar-refractivity contribution < 1.29 is 28.6 Å². The van der Waals surface area contributed by atoms with E-state index < -0.39 is 24.1 Å². The number of unbranched alkanes of at least 4 members (excludes halogenated alkanes) is 1. The number of rotatable bonds is 17. The minimum absolute atomic E-state index is 0.0922. The van der Waals surface area contributed by atoms with Crippen LogP contribution in [0.5, 0.6) is 0 Å². The van der Waals surface area contributed by atoms with Crippen LogP contribution in [0.25, 0.3) is 0 Å². The van der Waals surface area contributed by atoms with Gasteiger partial charge in [-0.1, -0.05) is 57.2 Å². The molecule has 0 heterocycles. The van der Waals surface area contributed by atoms with Crippen LogP contribution in [0.3, 0.4) is 0 Å². The van der Waals surface area contributed by atoms with Crippen LogP contribution in [0, 0.1) is 0 Å². The fraction of sp³-hybridized carbons (Fsp3) is 0.526. The topological polar surface area (TPSA) is 90.9 Å². The number of allylic oxidation sites excluding steroid dienone is 9. The first-order chi connectivity index (χ1) is 22.3. The minimum Gasteiger partial charge on any atom is -0.460 e. The highest BCUT2D eigenvalue weighted by molar-refractivity contribution is 7.80. The first-order valence-electron chi connectivity index (χ1n) is 16.5. The third kappa shape index (κ3) is 16.2. The lowest BCUT2D eigenvalue weighted by atomic mass is 9.93. The molecule has 2 aliphatic carbocycles. The summed E-state index contributed by atoms with van der Waals surface area (Å²) in [6.07, 6.45) is 22.8. The molecule has 0 radical (unpaired) electrons. The van der Waals surface area contributed by atoms with Gasteiger partial charge in [0.2, 0.25) is 5.91 Å². The molecule has 0 aromatic carbocycles. The summed E-state index contributed by atoms with van der Waals surface area (Å²) < 4.78 is 16.4. The maximum absolute atomic E-state index is 12.3. The van der Waals surface area contributed by atoms with E-state index in [1.54, 1.807) is 6.92 Å². The van der Waals surface area contributed by atoms with Crippen LogP contribution in [0.4, 0.5) is 0 Å². The van der Waals surface area contributed by atoms with Gasteiger partial charge < -0.3 is 19.5 Å². The molecule has 0 saturated heterocycles. The Bertz CT molecular complexity index is 1330. The van der Waals surface area contributed by atoms with Gasteiger partial charge >= 0.3 is 11.9 Å². The number of thiol groups is 1. The summed E-state index contributed by atoms with van der Waals surface area (Å²) in [4.78, 5) is 35.4. The molecule has 0 aliphatic heterocycles. The zero-order valence-electron chi connectivity index (χ0n) is 28.0. The number of nitrogens with one attached hydrogen (secondary N) is 1.